The van der Waals surface area contributed by atoms with Gasteiger partial charge in [0.25, 0.3) is 0 Å². The lowest BCUT2D eigenvalue weighted by molar-refractivity contribution is 0.416. The number of para-hydroxylation sites is 1. The Morgan fingerprint density at radius 1 is 0.842 bits per heavy atom. The molecule has 0 saturated heterocycles. The zero-order chi connectivity index (χ0) is 13.2. The summed E-state index contributed by atoms with van der Waals surface area (Å²) in [6.45, 7) is 0. The first kappa shape index (κ1) is 11.6. The summed E-state index contributed by atoms with van der Waals surface area (Å²) < 4.78 is 5.41. The Kier molecular flexibility index (Phi) is 2.84. The van der Waals surface area contributed by atoms with E-state index in [9.17, 15) is 0 Å². The van der Waals surface area contributed by atoms with Crippen LogP contribution in [0.15, 0.2) is 60.7 Å². The molecule has 0 fully saturated rings. The fourth-order valence-corrected chi connectivity index (χ4v) is 2.31. The van der Waals surface area contributed by atoms with Crippen molar-refractivity contribution in [1.82, 2.24) is 0 Å². The van der Waals surface area contributed by atoms with E-state index >= 15 is 0 Å². The average Bonchev–Trinajstić information content (AvgIpc) is 2.46. The second kappa shape index (κ2) is 4.65. The molecule has 3 aromatic rings. The minimum atomic E-state index is 0.789. The molecule has 3 rings (SSSR count). The predicted octanol–water partition coefficient (Wildman–Crippen LogP) is 4.10. The topological polar surface area (TPSA) is 35.2 Å². The Morgan fingerprint density at radius 2 is 1.58 bits per heavy atom. The van der Waals surface area contributed by atoms with Crippen molar-refractivity contribution < 1.29 is 4.74 Å². The highest BCUT2D eigenvalue weighted by Crippen LogP contribution is 2.31. The van der Waals surface area contributed by atoms with Gasteiger partial charge in [-0.15, -0.1) is 0 Å². The second-order valence-corrected chi connectivity index (χ2v) is 4.52. The number of hydrogen-bond donors (Lipinski definition) is 1. The van der Waals surface area contributed by atoms with Crippen LogP contribution in [0.4, 0.5) is 5.69 Å². The molecule has 0 aromatic heterocycles. The third kappa shape index (κ3) is 2.13. The zero-order valence-electron chi connectivity index (χ0n) is 10.8. The predicted molar refractivity (Wildman–Crippen MR) is 80.3 cm³/mol. The van der Waals surface area contributed by atoms with Gasteiger partial charge in [0.2, 0.25) is 0 Å². The Hall–Kier alpha value is -2.48. The van der Waals surface area contributed by atoms with Crippen LogP contribution in [-0.4, -0.2) is 7.11 Å². The van der Waals surface area contributed by atoms with E-state index in [1.165, 1.54) is 5.39 Å². The molecule has 0 saturated carbocycles. The summed E-state index contributed by atoms with van der Waals surface area (Å²) >= 11 is 0. The van der Waals surface area contributed by atoms with Gasteiger partial charge in [-0.05, 0) is 40.6 Å². The van der Waals surface area contributed by atoms with Crippen molar-refractivity contribution in [1.29, 1.82) is 0 Å². The Labute approximate surface area is 112 Å². The van der Waals surface area contributed by atoms with Crippen LogP contribution in [0, 0.1) is 0 Å². The monoisotopic (exact) mass is 249 g/mol. The Balaban J connectivity index is 2.18. The van der Waals surface area contributed by atoms with E-state index in [1.807, 2.05) is 36.4 Å². The summed E-state index contributed by atoms with van der Waals surface area (Å²) in [7, 11) is 1.70. The largest absolute Gasteiger partial charge is 0.496 e. The van der Waals surface area contributed by atoms with Crippen LogP contribution < -0.4 is 10.5 Å². The smallest absolute Gasteiger partial charge is 0.126 e. The maximum atomic E-state index is 5.80. The van der Waals surface area contributed by atoms with Gasteiger partial charge < -0.3 is 10.5 Å². The Bertz CT molecular complexity index is 734. The van der Waals surface area contributed by atoms with Crippen LogP contribution in [0.5, 0.6) is 5.75 Å². The van der Waals surface area contributed by atoms with Crippen molar-refractivity contribution in [2.45, 2.75) is 0 Å². The quantitative estimate of drug-likeness (QED) is 0.694. The van der Waals surface area contributed by atoms with Gasteiger partial charge in [-0.2, -0.15) is 0 Å². The maximum absolute atomic E-state index is 5.80. The molecular weight excluding hydrogens is 234 g/mol. The molecule has 0 bridgehead atoms. The first-order valence-electron chi connectivity index (χ1n) is 6.20. The number of hydrogen-bond acceptors (Lipinski definition) is 2. The summed E-state index contributed by atoms with van der Waals surface area (Å²) in [6, 6.07) is 20.3. The minimum absolute atomic E-state index is 0.789. The highest BCUT2D eigenvalue weighted by atomic mass is 16.5. The second-order valence-electron chi connectivity index (χ2n) is 4.52. The van der Waals surface area contributed by atoms with Crippen molar-refractivity contribution in [3.05, 3.63) is 60.7 Å². The number of anilines is 1. The van der Waals surface area contributed by atoms with Gasteiger partial charge in [0.15, 0.2) is 0 Å². The molecule has 2 nitrogen and oxygen atoms in total. The standard InChI is InChI=1S/C17H15NO/c1-19-17-5-3-2-4-16(17)14-7-6-13-11-15(18)9-8-12(13)10-14/h2-11H,18H2,1H3. The third-order valence-electron chi connectivity index (χ3n) is 3.28. The molecule has 0 aliphatic heterocycles. The summed E-state index contributed by atoms with van der Waals surface area (Å²) in [5.74, 6) is 0.886. The number of methoxy groups -OCH3 is 1. The van der Waals surface area contributed by atoms with Crippen LogP contribution in [0.25, 0.3) is 21.9 Å². The number of nitrogens with two attached hydrogens (primary N) is 1. The molecule has 0 amide bonds. The van der Waals surface area contributed by atoms with E-state index < -0.39 is 0 Å². The van der Waals surface area contributed by atoms with Gasteiger partial charge in [-0.25, -0.2) is 0 Å². The number of ether oxygens (including phenoxy) is 1. The molecular formula is C17H15NO. The summed E-state index contributed by atoms with van der Waals surface area (Å²) in [5, 5.41) is 2.33. The molecule has 0 heterocycles. The summed E-state index contributed by atoms with van der Waals surface area (Å²) in [5.41, 5.74) is 8.84. The third-order valence-corrected chi connectivity index (χ3v) is 3.28. The normalized spacial score (nSPS) is 10.6. The highest BCUT2D eigenvalue weighted by molar-refractivity contribution is 5.90. The Morgan fingerprint density at radius 3 is 2.42 bits per heavy atom. The van der Waals surface area contributed by atoms with Crippen LogP contribution in [0.1, 0.15) is 0 Å². The molecule has 2 N–H and O–H groups in total. The molecule has 0 aliphatic rings. The number of benzene rings is 3. The van der Waals surface area contributed by atoms with Gasteiger partial charge in [-0.3, -0.25) is 0 Å². The van der Waals surface area contributed by atoms with Gasteiger partial charge >= 0.3 is 0 Å². The van der Waals surface area contributed by atoms with E-state index in [1.54, 1.807) is 7.11 Å². The molecule has 0 atom stereocenters. The molecule has 0 unspecified atom stereocenters. The van der Waals surface area contributed by atoms with Crippen molar-refractivity contribution in [3.63, 3.8) is 0 Å². The number of rotatable bonds is 2. The first-order chi connectivity index (χ1) is 9.28. The van der Waals surface area contributed by atoms with Crippen molar-refractivity contribution >= 4 is 16.5 Å². The summed E-state index contributed by atoms with van der Waals surface area (Å²) in [4.78, 5) is 0. The lowest BCUT2D eigenvalue weighted by Gasteiger charge is -2.09. The average molecular weight is 249 g/mol. The van der Waals surface area contributed by atoms with Crippen molar-refractivity contribution in [3.8, 4) is 16.9 Å². The maximum Gasteiger partial charge on any atom is 0.126 e. The molecule has 0 aliphatic carbocycles. The summed E-state index contributed by atoms with van der Waals surface area (Å²) in [6.07, 6.45) is 0. The van der Waals surface area contributed by atoms with Crippen LogP contribution >= 0.6 is 0 Å². The minimum Gasteiger partial charge on any atom is -0.496 e. The van der Waals surface area contributed by atoms with E-state index in [-0.39, 0.29) is 0 Å². The molecule has 0 radical (unpaired) electrons. The van der Waals surface area contributed by atoms with Gasteiger partial charge in [0, 0.05) is 11.3 Å². The van der Waals surface area contributed by atoms with Crippen molar-refractivity contribution in [2.75, 3.05) is 12.8 Å². The van der Waals surface area contributed by atoms with Gasteiger partial charge in [0.05, 0.1) is 7.11 Å². The van der Waals surface area contributed by atoms with Gasteiger partial charge in [-0.1, -0.05) is 36.4 Å². The zero-order valence-corrected chi connectivity index (χ0v) is 10.8. The fraction of sp³-hybridized carbons (Fsp3) is 0.0588. The molecule has 3 aromatic carbocycles. The van der Waals surface area contributed by atoms with Gasteiger partial charge in [0.1, 0.15) is 5.75 Å². The van der Waals surface area contributed by atoms with E-state index in [0.717, 1.165) is 28.0 Å². The van der Waals surface area contributed by atoms with Crippen molar-refractivity contribution in [2.24, 2.45) is 0 Å². The molecule has 2 heteroatoms. The van der Waals surface area contributed by atoms with E-state index in [4.69, 9.17) is 10.5 Å². The number of nitrogen functional groups attached to an aromatic ring is 1. The first-order valence-corrected chi connectivity index (χ1v) is 6.20. The van der Waals surface area contributed by atoms with E-state index in [0.29, 0.717) is 0 Å². The molecule has 19 heavy (non-hydrogen) atoms. The molecule has 94 valence electrons. The molecule has 0 spiro atoms. The lowest BCUT2D eigenvalue weighted by atomic mass is 10.0. The highest BCUT2D eigenvalue weighted by Gasteiger charge is 2.05. The lowest BCUT2D eigenvalue weighted by Crippen LogP contribution is -1.88. The SMILES string of the molecule is COc1ccccc1-c1ccc2cc(N)ccc2c1. The fourth-order valence-electron chi connectivity index (χ4n) is 2.31. The van der Waals surface area contributed by atoms with Crippen LogP contribution in [0.3, 0.4) is 0 Å². The van der Waals surface area contributed by atoms with Crippen LogP contribution in [0.2, 0.25) is 0 Å². The van der Waals surface area contributed by atoms with E-state index in [2.05, 4.69) is 24.3 Å². The number of fused-ring (bicyclic) bond motifs is 1. The van der Waals surface area contributed by atoms with Crippen LogP contribution in [-0.2, 0) is 0 Å².